The van der Waals surface area contributed by atoms with E-state index in [1.165, 1.54) is 0 Å². The molecule has 0 unspecified atom stereocenters. The monoisotopic (exact) mass is 262 g/mol. The van der Waals surface area contributed by atoms with Crippen LogP contribution in [0.25, 0.3) is 0 Å². The third-order valence-electron chi connectivity index (χ3n) is 2.71. The fourth-order valence-corrected chi connectivity index (χ4v) is 3.87. The smallest absolute Gasteiger partial charge is 0.360 e. The highest BCUT2D eigenvalue weighted by Gasteiger charge is 2.32. The minimum Gasteiger partial charge on any atom is -0.498 e. The van der Waals surface area contributed by atoms with Gasteiger partial charge in [0.25, 0.3) is 0 Å². The molecule has 0 fully saturated rings. The predicted molar refractivity (Wildman–Crippen MR) is 68.0 cm³/mol. The van der Waals surface area contributed by atoms with Gasteiger partial charge in [0.1, 0.15) is 5.76 Å². The van der Waals surface area contributed by atoms with Gasteiger partial charge in [-0.25, -0.2) is 0 Å². The second kappa shape index (κ2) is 7.20. The maximum absolute atomic E-state index is 12.7. The fraction of sp³-hybridized carbons (Fsp3) is 0.833. The van der Waals surface area contributed by atoms with Gasteiger partial charge in [-0.15, -0.1) is 0 Å². The van der Waals surface area contributed by atoms with E-state index >= 15 is 0 Å². The molecule has 0 bridgehead atoms. The Hall–Kier alpha value is -0.310. The molecule has 1 aliphatic rings. The van der Waals surface area contributed by atoms with E-state index in [4.69, 9.17) is 13.8 Å². The van der Waals surface area contributed by atoms with Crippen LogP contribution in [0.4, 0.5) is 0 Å². The first-order valence-electron chi connectivity index (χ1n) is 6.36. The molecule has 0 aromatic rings. The average molecular weight is 262 g/mol. The minimum absolute atomic E-state index is 0.383. The van der Waals surface area contributed by atoms with Crippen molar-refractivity contribution >= 4 is 7.60 Å². The van der Waals surface area contributed by atoms with Crippen molar-refractivity contribution in [2.75, 3.05) is 19.8 Å². The van der Waals surface area contributed by atoms with Crippen LogP contribution in [0.15, 0.2) is 11.1 Å². The molecule has 0 spiro atoms. The predicted octanol–water partition coefficient (Wildman–Crippen LogP) is 4.07. The molecule has 0 N–H and O–H groups in total. The zero-order chi connectivity index (χ0) is 12.7. The number of ether oxygens (including phenoxy) is 1. The number of allylic oxidation sites excluding steroid dienone is 2. The average Bonchev–Trinajstić information content (AvgIpc) is 2.24. The summed E-state index contributed by atoms with van der Waals surface area (Å²) in [5, 5.41) is 0.723. The summed E-state index contributed by atoms with van der Waals surface area (Å²) in [6.07, 6.45) is 3.90. The highest BCUT2D eigenvalue weighted by atomic mass is 31.2. The lowest BCUT2D eigenvalue weighted by atomic mass is 10.1. The summed E-state index contributed by atoms with van der Waals surface area (Å²) in [6, 6.07) is 0. The Morgan fingerprint density at radius 2 is 1.82 bits per heavy atom. The SMILES string of the molecule is CCOP(=O)(OCC)/C1=C(\C)OCCCCC1. The molecule has 4 nitrogen and oxygen atoms in total. The Morgan fingerprint density at radius 1 is 1.18 bits per heavy atom. The summed E-state index contributed by atoms with van der Waals surface area (Å²) < 4.78 is 29.0. The van der Waals surface area contributed by atoms with Crippen LogP contribution in [-0.2, 0) is 18.3 Å². The lowest BCUT2D eigenvalue weighted by molar-refractivity contribution is 0.190. The summed E-state index contributed by atoms with van der Waals surface area (Å²) in [7, 11) is -3.14. The Balaban J connectivity index is 2.96. The molecule has 0 radical (unpaired) electrons. The summed E-state index contributed by atoms with van der Waals surface area (Å²) in [6.45, 7) is 6.96. The molecule has 17 heavy (non-hydrogen) atoms. The van der Waals surface area contributed by atoms with Crippen LogP contribution in [0.2, 0.25) is 0 Å². The van der Waals surface area contributed by atoms with E-state index < -0.39 is 7.60 Å². The van der Waals surface area contributed by atoms with Crippen LogP contribution in [0, 0.1) is 0 Å². The zero-order valence-corrected chi connectivity index (χ0v) is 11.9. The fourth-order valence-electron chi connectivity index (χ4n) is 1.92. The van der Waals surface area contributed by atoms with Gasteiger partial charge in [-0.3, -0.25) is 4.57 Å². The van der Waals surface area contributed by atoms with Gasteiger partial charge in [-0.05, 0) is 46.5 Å². The minimum atomic E-state index is -3.14. The van der Waals surface area contributed by atoms with Gasteiger partial charge >= 0.3 is 7.60 Å². The molecule has 1 heterocycles. The highest BCUT2D eigenvalue weighted by Crippen LogP contribution is 2.59. The molecule has 1 rings (SSSR count). The maximum Gasteiger partial charge on any atom is 0.360 e. The number of hydrogen-bond donors (Lipinski definition) is 0. The van der Waals surface area contributed by atoms with E-state index in [2.05, 4.69) is 0 Å². The summed E-state index contributed by atoms with van der Waals surface area (Å²) >= 11 is 0. The van der Waals surface area contributed by atoms with Crippen LogP contribution in [0.5, 0.6) is 0 Å². The van der Waals surface area contributed by atoms with E-state index in [-0.39, 0.29) is 0 Å². The van der Waals surface area contributed by atoms with Gasteiger partial charge in [-0.2, -0.15) is 0 Å². The second-order valence-electron chi connectivity index (χ2n) is 4.00. The first-order chi connectivity index (χ1) is 8.14. The third-order valence-corrected chi connectivity index (χ3v) is 5.11. The molecule has 1 aliphatic heterocycles. The maximum atomic E-state index is 12.7. The van der Waals surface area contributed by atoms with Crippen LogP contribution in [0.1, 0.15) is 46.5 Å². The Bertz CT molecular complexity index is 302. The second-order valence-corrected chi connectivity index (χ2v) is 6.05. The molecule has 0 saturated heterocycles. The van der Waals surface area contributed by atoms with Crippen LogP contribution >= 0.6 is 7.60 Å². The lowest BCUT2D eigenvalue weighted by Crippen LogP contribution is -2.06. The first-order valence-corrected chi connectivity index (χ1v) is 7.90. The van der Waals surface area contributed by atoms with Gasteiger partial charge in [0, 0.05) is 0 Å². The van der Waals surface area contributed by atoms with Crippen molar-refractivity contribution in [3.8, 4) is 0 Å². The molecule has 100 valence electrons. The van der Waals surface area contributed by atoms with E-state index in [0.717, 1.165) is 36.8 Å². The van der Waals surface area contributed by atoms with E-state index in [1.54, 1.807) is 0 Å². The third kappa shape index (κ3) is 4.13. The molecule has 0 saturated carbocycles. The summed E-state index contributed by atoms with van der Waals surface area (Å²) in [5.74, 6) is 0.718. The van der Waals surface area contributed by atoms with E-state index in [1.807, 2.05) is 20.8 Å². The van der Waals surface area contributed by atoms with E-state index in [0.29, 0.717) is 19.8 Å². The van der Waals surface area contributed by atoms with Gasteiger partial charge in [0.05, 0.1) is 25.1 Å². The van der Waals surface area contributed by atoms with Crippen LogP contribution in [0.3, 0.4) is 0 Å². The van der Waals surface area contributed by atoms with E-state index in [9.17, 15) is 4.57 Å². The normalized spacial score (nSPS) is 22.8. The van der Waals surface area contributed by atoms with Crippen molar-refractivity contribution in [2.45, 2.75) is 46.5 Å². The molecule has 0 aromatic heterocycles. The molecule has 0 atom stereocenters. The van der Waals surface area contributed by atoms with Crippen molar-refractivity contribution in [1.29, 1.82) is 0 Å². The standard InChI is InChI=1S/C12H23O4P/c1-4-15-17(13,16-5-2)12-9-7-6-8-10-14-11(12)3/h4-10H2,1-3H3/b12-11+. The summed E-state index contributed by atoms with van der Waals surface area (Å²) in [5.41, 5.74) is 0. The van der Waals surface area contributed by atoms with Crippen molar-refractivity contribution in [1.82, 2.24) is 0 Å². The quantitative estimate of drug-likeness (QED) is 0.700. The largest absolute Gasteiger partial charge is 0.498 e. The van der Waals surface area contributed by atoms with Crippen LogP contribution in [-0.4, -0.2) is 19.8 Å². The van der Waals surface area contributed by atoms with Gasteiger partial charge in [-0.1, -0.05) is 0 Å². The zero-order valence-electron chi connectivity index (χ0n) is 11.0. The topological polar surface area (TPSA) is 44.8 Å². The Labute approximate surface area is 104 Å². The number of hydrogen-bond acceptors (Lipinski definition) is 4. The molecule has 0 aliphatic carbocycles. The van der Waals surface area contributed by atoms with Crippen molar-refractivity contribution in [3.63, 3.8) is 0 Å². The Morgan fingerprint density at radius 3 is 2.41 bits per heavy atom. The Kier molecular flexibility index (Phi) is 6.24. The molecular formula is C12H23O4P. The molecule has 0 amide bonds. The van der Waals surface area contributed by atoms with Gasteiger partial charge in [0.15, 0.2) is 0 Å². The molecule has 0 aromatic carbocycles. The number of rotatable bonds is 5. The van der Waals surface area contributed by atoms with Crippen molar-refractivity contribution < 1.29 is 18.3 Å². The van der Waals surface area contributed by atoms with Gasteiger partial charge in [0.2, 0.25) is 0 Å². The van der Waals surface area contributed by atoms with Crippen LogP contribution < -0.4 is 0 Å². The van der Waals surface area contributed by atoms with Gasteiger partial charge < -0.3 is 13.8 Å². The molecule has 5 heteroatoms. The lowest BCUT2D eigenvalue weighted by Gasteiger charge is -2.23. The summed E-state index contributed by atoms with van der Waals surface area (Å²) in [4.78, 5) is 0. The first kappa shape index (κ1) is 14.7. The van der Waals surface area contributed by atoms with Crippen molar-refractivity contribution in [2.24, 2.45) is 0 Å². The molecular weight excluding hydrogens is 239 g/mol. The highest BCUT2D eigenvalue weighted by molar-refractivity contribution is 7.58. The van der Waals surface area contributed by atoms with Crippen molar-refractivity contribution in [3.05, 3.63) is 11.1 Å².